The number of nitrogens with one attached hydrogen (secondary N) is 1. The predicted octanol–water partition coefficient (Wildman–Crippen LogP) is 2.87. The van der Waals surface area contributed by atoms with Crippen LogP contribution in [0.4, 0.5) is 0 Å². The van der Waals surface area contributed by atoms with Crippen molar-refractivity contribution in [2.24, 2.45) is 7.05 Å². The standard InChI is InChI=1S/C16H27N5/c1-5-8-18-15(16-11-17-12-20(16)4)10-14-7-9-21(19-14)13(3)6-2/h7,9,11-13,15,18H,5-6,8,10H2,1-4H3. The van der Waals surface area contributed by atoms with E-state index < -0.39 is 0 Å². The first-order valence-corrected chi connectivity index (χ1v) is 7.89. The molecular weight excluding hydrogens is 262 g/mol. The summed E-state index contributed by atoms with van der Waals surface area (Å²) in [4.78, 5) is 4.24. The van der Waals surface area contributed by atoms with Gasteiger partial charge in [0.25, 0.3) is 0 Å². The van der Waals surface area contributed by atoms with E-state index in [1.807, 2.05) is 19.6 Å². The van der Waals surface area contributed by atoms with E-state index >= 15 is 0 Å². The molecule has 0 aliphatic carbocycles. The smallest absolute Gasteiger partial charge is 0.0946 e. The Bertz CT molecular complexity index is 542. The topological polar surface area (TPSA) is 47.7 Å². The third-order valence-corrected chi connectivity index (χ3v) is 3.97. The van der Waals surface area contributed by atoms with Gasteiger partial charge in [0, 0.05) is 31.9 Å². The molecule has 2 atom stereocenters. The van der Waals surface area contributed by atoms with Gasteiger partial charge < -0.3 is 9.88 Å². The average molecular weight is 289 g/mol. The van der Waals surface area contributed by atoms with Crippen LogP contribution in [-0.4, -0.2) is 25.9 Å². The van der Waals surface area contributed by atoms with Crippen LogP contribution in [0.1, 0.15) is 57.1 Å². The number of aromatic nitrogens is 4. The molecule has 2 rings (SSSR count). The van der Waals surface area contributed by atoms with E-state index in [9.17, 15) is 0 Å². The lowest BCUT2D eigenvalue weighted by molar-refractivity contribution is 0.461. The van der Waals surface area contributed by atoms with E-state index in [1.54, 1.807) is 0 Å². The lowest BCUT2D eigenvalue weighted by atomic mass is 10.1. The highest BCUT2D eigenvalue weighted by Crippen LogP contribution is 2.18. The minimum atomic E-state index is 0.262. The molecule has 0 fully saturated rings. The van der Waals surface area contributed by atoms with Crippen molar-refractivity contribution in [3.63, 3.8) is 0 Å². The Labute approximate surface area is 127 Å². The predicted molar refractivity (Wildman–Crippen MR) is 85.2 cm³/mol. The molecule has 2 aromatic rings. The molecular formula is C16H27N5. The fourth-order valence-electron chi connectivity index (χ4n) is 2.43. The fourth-order valence-corrected chi connectivity index (χ4v) is 2.43. The molecule has 21 heavy (non-hydrogen) atoms. The first-order chi connectivity index (χ1) is 10.2. The van der Waals surface area contributed by atoms with Crippen molar-refractivity contribution in [3.05, 3.63) is 36.2 Å². The van der Waals surface area contributed by atoms with Crippen molar-refractivity contribution >= 4 is 0 Å². The summed E-state index contributed by atoms with van der Waals surface area (Å²) in [6.07, 6.45) is 9.00. The molecule has 0 aromatic carbocycles. The zero-order valence-electron chi connectivity index (χ0n) is 13.6. The second kappa shape index (κ2) is 7.41. The van der Waals surface area contributed by atoms with E-state index in [4.69, 9.17) is 5.10 Å². The molecule has 2 heterocycles. The van der Waals surface area contributed by atoms with Crippen LogP contribution < -0.4 is 5.32 Å². The Morgan fingerprint density at radius 3 is 2.76 bits per heavy atom. The van der Waals surface area contributed by atoms with Crippen molar-refractivity contribution in [2.75, 3.05) is 6.54 Å². The van der Waals surface area contributed by atoms with Gasteiger partial charge >= 0.3 is 0 Å². The fraction of sp³-hybridized carbons (Fsp3) is 0.625. The van der Waals surface area contributed by atoms with Gasteiger partial charge in [-0.25, -0.2) is 4.98 Å². The molecule has 0 aliphatic heterocycles. The van der Waals surface area contributed by atoms with Crippen LogP contribution in [-0.2, 0) is 13.5 Å². The van der Waals surface area contributed by atoms with Crippen LogP contribution in [0.5, 0.6) is 0 Å². The lowest BCUT2D eigenvalue weighted by Gasteiger charge is -2.18. The number of rotatable bonds is 8. The minimum Gasteiger partial charge on any atom is -0.336 e. The summed E-state index contributed by atoms with van der Waals surface area (Å²) >= 11 is 0. The second-order valence-corrected chi connectivity index (χ2v) is 5.68. The normalized spacial score (nSPS) is 14.3. The van der Waals surface area contributed by atoms with Gasteiger partial charge in [-0.3, -0.25) is 4.68 Å². The van der Waals surface area contributed by atoms with E-state index in [0.717, 1.165) is 31.5 Å². The summed E-state index contributed by atoms with van der Waals surface area (Å²) in [7, 11) is 2.04. The zero-order valence-corrected chi connectivity index (χ0v) is 13.6. The van der Waals surface area contributed by atoms with Gasteiger partial charge in [0.05, 0.1) is 23.8 Å². The molecule has 0 spiro atoms. The van der Waals surface area contributed by atoms with Crippen LogP contribution in [0.3, 0.4) is 0 Å². The van der Waals surface area contributed by atoms with Crippen LogP contribution in [0, 0.1) is 0 Å². The maximum absolute atomic E-state index is 4.72. The molecule has 1 N–H and O–H groups in total. The van der Waals surface area contributed by atoms with Gasteiger partial charge in [-0.05, 0) is 32.4 Å². The quantitative estimate of drug-likeness (QED) is 0.813. The SMILES string of the molecule is CCCNC(Cc1ccn(C(C)CC)n1)c1cncn1C. The van der Waals surface area contributed by atoms with Crippen molar-refractivity contribution in [2.45, 2.75) is 52.1 Å². The maximum Gasteiger partial charge on any atom is 0.0946 e. The highest BCUT2D eigenvalue weighted by Gasteiger charge is 2.16. The molecule has 0 saturated heterocycles. The first kappa shape index (κ1) is 15.8. The lowest BCUT2D eigenvalue weighted by Crippen LogP contribution is -2.26. The largest absolute Gasteiger partial charge is 0.336 e. The molecule has 0 saturated carbocycles. The highest BCUT2D eigenvalue weighted by atomic mass is 15.3. The van der Waals surface area contributed by atoms with Crippen LogP contribution in [0.15, 0.2) is 24.8 Å². The van der Waals surface area contributed by atoms with Gasteiger partial charge in [-0.1, -0.05) is 13.8 Å². The van der Waals surface area contributed by atoms with Gasteiger partial charge in [-0.15, -0.1) is 0 Å². The molecule has 2 unspecified atom stereocenters. The van der Waals surface area contributed by atoms with Gasteiger partial charge in [-0.2, -0.15) is 5.10 Å². The van der Waals surface area contributed by atoms with E-state index in [2.05, 4.69) is 52.6 Å². The summed E-state index contributed by atoms with van der Waals surface area (Å²) in [5.74, 6) is 0. The Balaban J connectivity index is 2.11. The molecule has 116 valence electrons. The number of nitrogens with zero attached hydrogens (tertiary/aromatic N) is 4. The van der Waals surface area contributed by atoms with Crippen molar-refractivity contribution in [3.8, 4) is 0 Å². The molecule has 0 radical (unpaired) electrons. The van der Waals surface area contributed by atoms with Crippen molar-refractivity contribution < 1.29 is 0 Å². The zero-order chi connectivity index (χ0) is 15.2. The monoisotopic (exact) mass is 289 g/mol. The van der Waals surface area contributed by atoms with E-state index in [-0.39, 0.29) is 6.04 Å². The van der Waals surface area contributed by atoms with Gasteiger partial charge in [0.2, 0.25) is 0 Å². The molecule has 0 aliphatic rings. The summed E-state index contributed by atoms with van der Waals surface area (Å²) in [6.45, 7) is 7.57. The summed E-state index contributed by atoms with van der Waals surface area (Å²) < 4.78 is 4.15. The summed E-state index contributed by atoms with van der Waals surface area (Å²) in [6, 6.07) is 2.85. The summed E-state index contributed by atoms with van der Waals surface area (Å²) in [5, 5.41) is 8.32. The molecule has 2 aromatic heterocycles. The number of aryl methyl sites for hydroxylation is 1. The van der Waals surface area contributed by atoms with E-state index in [0.29, 0.717) is 6.04 Å². The average Bonchev–Trinajstić information content (AvgIpc) is 3.11. The summed E-state index contributed by atoms with van der Waals surface area (Å²) in [5.41, 5.74) is 2.34. The van der Waals surface area contributed by atoms with Crippen LogP contribution >= 0.6 is 0 Å². The molecule has 5 nitrogen and oxygen atoms in total. The highest BCUT2D eigenvalue weighted by molar-refractivity contribution is 5.11. The van der Waals surface area contributed by atoms with E-state index in [1.165, 1.54) is 5.69 Å². The van der Waals surface area contributed by atoms with Crippen LogP contribution in [0.2, 0.25) is 0 Å². The Morgan fingerprint density at radius 2 is 2.14 bits per heavy atom. The number of imidazole rings is 1. The molecule has 0 amide bonds. The molecule has 5 heteroatoms. The van der Waals surface area contributed by atoms with Gasteiger partial charge in [0.1, 0.15) is 0 Å². The van der Waals surface area contributed by atoms with Crippen LogP contribution in [0.25, 0.3) is 0 Å². The number of hydrogen-bond acceptors (Lipinski definition) is 3. The first-order valence-electron chi connectivity index (χ1n) is 7.89. The maximum atomic E-state index is 4.72. The minimum absolute atomic E-state index is 0.262. The Hall–Kier alpha value is -1.62. The third kappa shape index (κ3) is 3.94. The van der Waals surface area contributed by atoms with Crippen molar-refractivity contribution in [1.82, 2.24) is 24.6 Å². The van der Waals surface area contributed by atoms with Gasteiger partial charge in [0.15, 0.2) is 0 Å². The Kier molecular flexibility index (Phi) is 5.56. The molecule has 0 bridgehead atoms. The second-order valence-electron chi connectivity index (χ2n) is 5.68. The third-order valence-electron chi connectivity index (χ3n) is 3.97. The van der Waals surface area contributed by atoms with Crippen molar-refractivity contribution in [1.29, 1.82) is 0 Å². The number of hydrogen-bond donors (Lipinski definition) is 1. The Morgan fingerprint density at radius 1 is 1.33 bits per heavy atom.